The molecular weight excluding hydrogens is 436 g/mol. The monoisotopic (exact) mass is 452 g/mol. The van der Waals surface area contributed by atoms with Gasteiger partial charge in [0.15, 0.2) is 0 Å². The number of hydrogen-bond donors (Lipinski definition) is 1. The largest absolute Gasteiger partial charge is 0.324 e. The molecule has 3 fully saturated rings. The molecule has 0 aliphatic carbocycles. The van der Waals surface area contributed by atoms with E-state index in [0.29, 0.717) is 24.2 Å². The lowest BCUT2D eigenvalue weighted by Gasteiger charge is -2.36. The summed E-state index contributed by atoms with van der Waals surface area (Å²) < 4.78 is 0. The number of rotatable bonds is 2. The van der Waals surface area contributed by atoms with Gasteiger partial charge in [-0.25, -0.2) is 4.90 Å². The number of fused-ring (bicyclic) bond motifs is 7. The Bertz CT molecular complexity index is 1250. The Morgan fingerprint density at radius 2 is 1.91 bits per heavy atom. The molecule has 162 valence electrons. The van der Waals surface area contributed by atoms with Crippen LogP contribution in [0.4, 0.5) is 17.1 Å². The summed E-state index contributed by atoms with van der Waals surface area (Å²) in [6, 6.07) is 10.9. The standard InChI is InChI=1S/C22H17ClN4O5/c23-13-8-7-11(10-16(13)27(31)32)26-19(28)17-15-6-3-9-25(15)22(18(17)20(26)29)12-4-1-2-5-14(12)24-21(22)30/h1-2,4-5,7-8,10,15,17-18H,3,6,9H2,(H,24,30)/t15-,17+,18+,22+/m0/s1. The average molecular weight is 453 g/mol. The van der Waals surface area contributed by atoms with E-state index in [1.54, 1.807) is 6.07 Å². The maximum Gasteiger partial charge on any atom is 0.289 e. The Kier molecular flexibility index (Phi) is 3.86. The lowest BCUT2D eigenvalue weighted by molar-refractivity contribution is -0.384. The van der Waals surface area contributed by atoms with Crippen LogP contribution in [0.5, 0.6) is 0 Å². The Balaban J connectivity index is 1.53. The molecule has 0 radical (unpaired) electrons. The third-order valence-electron chi connectivity index (χ3n) is 7.28. The second-order valence-electron chi connectivity index (χ2n) is 8.58. The number of halogens is 1. The Morgan fingerprint density at radius 1 is 1.12 bits per heavy atom. The quantitative estimate of drug-likeness (QED) is 0.426. The molecule has 1 spiro atoms. The van der Waals surface area contributed by atoms with E-state index in [0.717, 1.165) is 17.4 Å². The molecule has 10 heteroatoms. The van der Waals surface area contributed by atoms with Crippen molar-refractivity contribution in [3.63, 3.8) is 0 Å². The number of benzene rings is 2. The predicted octanol–water partition coefficient (Wildman–Crippen LogP) is 2.68. The van der Waals surface area contributed by atoms with Gasteiger partial charge in [-0.05, 0) is 37.6 Å². The number of imide groups is 1. The molecule has 6 rings (SSSR count). The van der Waals surface area contributed by atoms with Gasteiger partial charge in [0.25, 0.3) is 5.69 Å². The van der Waals surface area contributed by atoms with Crippen molar-refractivity contribution >= 4 is 46.4 Å². The van der Waals surface area contributed by atoms with Gasteiger partial charge in [0.05, 0.1) is 22.4 Å². The topological polar surface area (TPSA) is 113 Å². The van der Waals surface area contributed by atoms with Crippen LogP contribution < -0.4 is 10.2 Å². The van der Waals surface area contributed by atoms with Crippen molar-refractivity contribution < 1.29 is 19.3 Å². The van der Waals surface area contributed by atoms with Crippen molar-refractivity contribution in [3.8, 4) is 0 Å². The SMILES string of the molecule is O=C1[C@@H]2[C@@H]3CCCN3[C@@]3(C(=O)Nc4ccccc43)[C@H]2C(=O)N1c1ccc(Cl)c([N+](=O)[O-])c1. The van der Waals surface area contributed by atoms with Crippen molar-refractivity contribution in [2.24, 2.45) is 11.8 Å². The highest BCUT2D eigenvalue weighted by molar-refractivity contribution is 6.33. The minimum Gasteiger partial charge on any atom is -0.324 e. The summed E-state index contributed by atoms with van der Waals surface area (Å²) in [5.41, 5.74) is -0.207. The first kappa shape index (κ1) is 19.4. The number of amides is 3. The van der Waals surface area contributed by atoms with Gasteiger partial charge in [-0.1, -0.05) is 29.8 Å². The first-order chi connectivity index (χ1) is 15.4. The molecule has 4 aliphatic rings. The third-order valence-corrected chi connectivity index (χ3v) is 7.60. The van der Waals surface area contributed by atoms with Gasteiger partial charge in [0.1, 0.15) is 10.6 Å². The zero-order chi connectivity index (χ0) is 22.4. The second kappa shape index (κ2) is 6.36. The number of hydrogen-bond acceptors (Lipinski definition) is 6. The summed E-state index contributed by atoms with van der Waals surface area (Å²) in [6.07, 6.45) is 1.52. The molecule has 9 nitrogen and oxygen atoms in total. The molecule has 3 saturated heterocycles. The predicted molar refractivity (Wildman–Crippen MR) is 114 cm³/mol. The molecule has 4 atom stereocenters. The van der Waals surface area contributed by atoms with Gasteiger partial charge in [0, 0.05) is 23.4 Å². The van der Waals surface area contributed by atoms with Gasteiger partial charge in [-0.15, -0.1) is 0 Å². The normalized spacial score (nSPS) is 30.6. The van der Waals surface area contributed by atoms with E-state index >= 15 is 0 Å². The van der Waals surface area contributed by atoms with Crippen molar-refractivity contribution in [3.05, 3.63) is 63.2 Å². The maximum atomic E-state index is 13.8. The summed E-state index contributed by atoms with van der Waals surface area (Å²) >= 11 is 5.92. The van der Waals surface area contributed by atoms with Gasteiger partial charge >= 0.3 is 0 Å². The van der Waals surface area contributed by atoms with Crippen LogP contribution in [0.2, 0.25) is 5.02 Å². The molecule has 0 bridgehead atoms. The van der Waals surface area contributed by atoms with Crippen molar-refractivity contribution in [1.82, 2.24) is 4.90 Å². The number of nitro benzene ring substituents is 1. The zero-order valence-electron chi connectivity index (χ0n) is 16.7. The fourth-order valence-corrected chi connectivity index (χ4v) is 6.38. The summed E-state index contributed by atoms with van der Waals surface area (Å²) in [5.74, 6) is -2.85. The van der Waals surface area contributed by atoms with Gasteiger partial charge < -0.3 is 5.32 Å². The zero-order valence-corrected chi connectivity index (χ0v) is 17.4. The molecule has 2 aromatic rings. The fraction of sp³-hybridized carbons (Fsp3) is 0.318. The van der Waals surface area contributed by atoms with Crippen molar-refractivity contribution in [2.45, 2.75) is 24.4 Å². The molecule has 4 heterocycles. The van der Waals surface area contributed by atoms with Crippen LogP contribution in [-0.2, 0) is 19.9 Å². The highest BCUT2D eigenvalue weighted by Crippen LogP contribution is 2.60. The molecule has 0 aromatic heterocycles. The highest BCUT2D eigenvalue weighted by Gasteiger charge is 2.74. The number of carbonyl (C=O) groups excluding carboxylic acids is 3. The first-order valence-electron chi connectivity index (χ1n) is 10.4. The van der Waals surface area contributed by atoms with Crippen LogP contribution in [0, 0.1) is 22.0 Å². The molecule has 0 saturated carbocycles. The van der Waals surface area contributed by atoms with Gasteiger partial charge in [-0.2, -0.15) is 0 Å². The van der Waals surface area contributed by atoms with E-state index in [9.17, 15) is 24.5 Å². The summed E-state index contributed by atoms with van der Waals surface area (Å²) in [6.45, 7) is 0.617. The molecule has 3 amide bonds. The summed E-state index contributed by atoms with van der Waals surface area (Å²) in [7, 11) is 0. The Morgan fingerprint density at radius 3 is 2.69 bits per heavy atom. The van der Waals surface area contributed by atoms with E-state index < -0.39 is 34.1 Å². The minimum atomic E-state index is -1.26. The minimum absolute atomic E-state index is 0.0828. The van der Waals surface area contributed by atoms with Gasteiger partial charge in [0.2, 0.25) is 17.7 Å². The summed E-state index contributed by atoms with van der Waals surface area (Å²) in [4.78, 5) is 54.6. The molecular formula is C22H17ClN4O5. The second-order valence-corrected chi connectivity index (χ2v) is 8.98. The van der Waals surface area contributed by atoms with Crippen LogP contribution in [0.15, 0.2) is 42.5 Å². The maximum absolute atomic E-state index is 13.8. The van der Waals surface area contributed by atoms with E-state index in [1.807, 2.05) is 23.1 Å². The van der Waals surface area contributed by atoms with Crippen molar-refractivity contribution in [2.75, 3.05) is 16.8 Å². The fourth-order valence-electron chi connectivity index (χ4n) is 6.19. The average Bonchev–Trinajstić information content (AvgIpc) is 3.47. The lowest BCUT2D eigenvalue weighted by Crippen LogP contribution is -2.54. The number of nitrogens with zero attached hydrogens (tertiary/aromatic N) is 3. The van der Waals surface area contributed by atoms with E-state index in [4.69, 9.17) is 11.6 Å². The number of nitro groups is 1. The van der Waals surface area contributed by atoms with E-state index in [2.05, 4.69) is 5.32 Å². The smallest absolute Gasteiger partial charge is 0.289 e. The molecule has 4 aliphatic heterocycles. The van der Waals surface area contributed by atoms with Crippen LogP contribution in [0.1, 0.15) is 18.4 Å². The van der Waals surface area contributed by atoms with E-state index in [-0.39, 0.29) is 28.3 Å². The molecule has 0 unspecified atom stereocenters. The third kappa shape index (κ3) is 2.14. The lowest BCUT2D eigenvalue weighted by atomic mass is 9.75. The molecule has 1 N–H and O–H groups in total. The number of para-hydroxylation sites is 1. The molecule has 32 heavy (non-hydrogen) atoms. The van der Waals surface area contributed by atoms with Crippen LogP contribution in [0.3, 0.4) is 0 Å². The Hall–Kier alpha value is -3.30. The number of nitrogens with one attached hydrogen (secondary N) is 1. The molecule has 2 aromatic carbocycles. The van der Waals surface area contributed by atoms with Crippen molar-refractivity contribution in [1.29, 1.82) is 0 Å². The van der Waals surface area contributed by atoms with Gasteiger partial charge in [-0.3, -0.25) is 29.4 Å². The first-order valence-corrected chi connectivity index (χ1v) is 10.7. The van der Waals surface area contributed by atoms with E-state index in [1.165, 1.54) is 12.1 Å². The van der Waals surface area contributed by atoms with Crippen LogP contribution in [-0.4, -0.2) is 40.1 Å². The number of anilines is 2. The number of carbonyl (C=O) groups is 3. The Labute approximate surface area is 187 Å². The van der Waals surface area contributed by atoms with Crippen LogP contribution in [0.25, 0.3) is 0 Å². The highest BCUT2D eigenvalue weighted by atomic mass is 35.5. The van der Waals surface area contributed by atoms with Crippen LogP contribution >= 0.6 is 11.6 Å². The summed E-state index contributed by atoms with van der Waals surface area (Å²) in [5, 5.41) is 14.2.